The van der Waals surface area contributed by atoms with E-state index in [1.165, 1.54) is 19.3 Å². The minimum Gasteiger partial charge on any atom is -0.396 e. The summed E-state index contributed by atoms with van der Waals surface area (Å²) in [5.74, 6) is 0.722. The molecule has 25 heavy (non-hydrogen) atoms. The van der Waals surface area contributed by atoms with Crippen LogP contribution >= 0.6 is 0 Å². The molecule has 0 bridgehead atoms. The van der Waals surface area contributed by atoms with E-state index >= 15 is 0 Å². The molecule has 6 heteroatoms. The molecule has 1 aliphatic rings. The summed E-state index contributed by atoms with van der Waals surface area (Å²) in [6, 6.07) is 11.4. The number of aromatic nitrogens is 2. The predicted octanol–water partition coefficient (Wildman–Crippen LogP) is 3.63. The average Bonchev–Trinajstić information content (AvgIpc) is 3.11. The van der Waals surface area contributed by atoms with Crippen molar-refractivity contribution >= 4 is 11.8 Å². The number of carbonyl (C=O) groups excluding carboxylic acids is 1. The fraction of sp³-hybridized carbons (Fsp3) is 0.474. The highest BCUT2D eigenvalue weighted by Gasteiger charge is 2.20. The van der Waals surface area contributed by atoms with Crippen LogP contribution in [0.15, 0.2) is 42.6 Å². The first-order chi connectivity index (χ1) is 12.3. The van der Waals surface area contributed by atoms with E-state index in [0.29, 0.717) is 12.5 Å². The van der Waals surface area contributed by atoms with E-state index in [0.717, 1.165) is 24.2 Å². The second kappa shape index (κ2) is 8.67. The van der Waals surface area contributed by atoms with Crippen LogP contribution < -0.4 is 10.6 Å². The maximum atomic E-state index is 12.5. The van der Waals surface area contributed by atoms with E-state index in [1.54, 1.807) is 6.20 Å². The minimum absolute atomic E-state index is 0.0137. The lowest BCUT2D eigenvalue weighted by Crippen LogP contribution is -2.34. The Morgan fingerprint density at radius 2 is 1.96 bits per heavy atom. The maximum Gasteiger partial charge on any atom is 0.320 e. The highest BCUT2D eigenvalue weighted by Crippen LogP contribution is 2.29. The topological polar surface area (TPSA) is 79.2 Å². The molecular formula is C19H26N4O2. The van der Waals surface area contributed by atoms with E-state index in [2.05, 4.69) is 15.7 Å². The second-order valence-corrected chi connectivity index (χ2v) is 6.53. The molecule has 1 aliphatic carbocycles. The number of nitrogens with zero attached hydrogens (tertiary/aromatic N) is 2. The number of benzene rings is 1. The number of hydrogen-bond acceptors (Lipinski definition) is 3. The first-order valence-corrected chi connectivity index (χ1v) is 9.05. The number of amides is 2. The Morgan fingerprint density at radius 3 is 2.68 bits per heavy atom. The molecule has 1 aromatic carbocycles. The number of hydrogen-bond donors (Lipinski definition) is 3. The summed E-state index contributed by atoms with van der Waals surface area (Å²) in [7, 11) is 0. The van der Waals surface area contributed by atoms with Crippen LogP contribution in [-0.2, 0) is 0 Å². The third-order valence-electron chi connectivity index (χ3n) is 4.76. The van der Waals surface area contributed by atoms with Gasteiger partial charge in [0.05, 0.1) is 18.3 Å². The molecule has 1 saturated carbocycles. The van der Waals surface area contributed by atoms with Crippen molar-refractivity contribution in [1.82, 2.24) is 15.1 Å². The van der Waals surface area contributed by atoms with Crippen molar-refractivity contribution in [3.05, 3.63) is 48.2 Å². The Morgan fingerprint density at radius 1 is 1.20 bits per heavy atom. The lowest BCUT2D eigenvalue weighted by Gasteiger charge is -2.24. The van der Waals surface area contributed by atoms with Gasteiger partial charge in [0.15, 0.2) is 0 Å². The van der Waals surface area contributed by atoms with Gasteiger partial charge in [-0.05, 0) is 24.8 Å². The van der Waals surface area contributed by atoms with Gasteiger partial charge in [-0.3, -0.25) is 5.32 Å². The third kappa shape index (κ3) is 4.60. The van der Waals surface area contributed by atoms with Gasteiger partial charge in [0.1, 0.15) is 5.82 Å². The molecule has 2 aromatic rings. The summed E-state index contributed by atoms with van der Waals surface area (Å²) in [6.45, 7) is 0.0137. The zero-order chi connectivity index (χ0) is 17.5. The molecule has 0 unspecified atom stereocenters. The Bertz CT molecular complexity index is 665. The SMILES string of the molecule is O=C(Nc1ccnn1C1CCCCC1)N[C@H](CCO)c1ccccc1. The molecule has 0 spiro atoms. The molecule has 1 heterocycles. The quantitative estimate of drug-likeness (QED) is 0.750. The van der Waals surface area contributed by atoms with Crippen molar-refractivity contribution in [3.8, 4) is 0 Å². The van der Waals surface area contributed by atoms with Gasteiger partial charge in [-0.15, -0.1) is 0 Å². The van der Waals surface area contributed by atoms with Gasteiger partial charge in [0.2, 0.25) is 0 Å². The molecule has 0 radical (unpaired) electrons. The van der Waals surface area contributed by atoms with Crippen LogP contribution in [0.3, 0.4) is 0 Å². The number of aliphatic hydroxyl groups is 1. The fourth-order valence-electron chi connectivity index (χ4n) is 3.48. The van der Waals surface area contributed by atoms with Crippen LogP contribution in [0.2, 0.25) is 0 Å². The van der Waals surface area contributed by atoms with E-state index in [-0.39, 0.29) is 18.7 Å². The Kier molecular flexibility index (Phi) is 6.06. The average molecular weight is 342 g/mol. The largest absolute Gasteiger partial charge is 0.396 e. The normalized spacial score (nSPS) is 16.4. The van der Waals surface area contributed by atoms with Crippen molar-refractivity contribution in [2.75, 3.05) is 11.9 Å². The molecule has 1 fully saturated rings. The third-order valence-corrected chi connectivity index (χ3v) is 4.76. The number of nitrogens with one attached hydrogen (secondary N) is 2. The van der Waals surface area contributed by atoms with Crippen LogP contribution in [0.1, 0.15) is 56.2 Å². The van der Waals surface area contributed by atoms with E-state index < -0.39 is 0 Å². The molecule has 1 atom stereocenters. The Hall–Kier alpha value is -2.34. The number of anilines is 1. The van der Waals surface area contributed by atoms with Crippen LogP contribution in [0, 0.1) is 0 Å². The Balaban J connectivity index is 1.64. The van der Waals surface area contributed by atoms with Gasteiger partial charge in [0, 0.05) is 12.7 Å². The smallest absolute Gasteiger partial charge is 0.320 e. The first kappa shape index (κ1) is 17.5. The van der Waals surface area contributed by atoms with E-state index in [9.17, 15) is 9.90 Å². The lowest BCUT2D eigenvalue weighted by atomic mass is 9.96. The summed E-state index contributed by atoms with van der Waals surface area (Å²) >= 11 is 0. The highest BCUT2D eigenvalue weighted by atomic mass is 16.3. The molecule has 3 rings (SSSR count). The second-order valence-electron chi connectivity index (χ2n) is 6.53. The molecule has 0 aliphatic heterocycles. The minimum atomic E-state index is -0.278. The lowest BCUT2D eigenvalue weighted by molar-refractivity contribution is 0.238. The standard InChI is InChI=1S/C19H26N4O2/c24-14-12-17(15-7-3-1-4-8-15)21-19(25)22-18-11-13-20-23(18)16-9-5-2-6-10-16/h1,3-4,7-8,11,13,16-17,24H,2,5-6,9-10,12,14H2,(H2,21,22,25)/t17-/m1/s1. The summed E-state index contributed by atoms with van der Waals surface area (Å²) in [6.07, 6.45) is 8.11. The number of rotatable bonds is 6. The maximum absolute atomic E-state index is 12.5. The first-order valence-electron chi connectivity index (χ1n) is 9.05. The number of carbonyl (C=O) groups is 1. The van der Waals surface area contributed by atoms with Gasteiger partial charge < -0.3 is 10.4 Å². The van der Waals surface area contributed by atoms with Crippen molar-refractivity contribution < 1.29 is 9.90 Å². The number of urea groups is 1. The van der Waals surface area contributed by atoms with Crippen molar-refractivity contribution in [2.45, 2.75) is 50.6 Å². The molecule has 0 saturated heterocycles. The van der Waals surface area contributed by atoms with Gasteiger partial charge in [-0.1, -0.05) is 49.6 Å². The van der Waals surface area contributed by atoms with Crippen LogP contribution in [-0.4, -0.2) is 27.5 Å². The van der Waals surface area contributed by atoms with Gasteiger partial charge in [-0.2, -0.15) is 5.10 Å². The van der Waals surface area contributed by atoms with Gasteiger partial charge >= 0.3 is 6.03 Å². The molecule has 6 nitrogen and oxygen atoms in total. The number of aliphatic hydroxyl groups excluding tert-OH is 1. The molecule has 2 amide bonds. The zero-order valence-corrected chi connectivity index (χ0v) is 14.4. The van der Waals surface area contributed by atoms with Crippen molar-refractivity contribution in [1.29, 1.82) is 0 Å². The Labute approximate surface area is 148 Å². The van der Waals surface area contributed by atoms with Gasteiger partial charge in [-0.25, -0.2) is 9.48 Å². The van der Waals surface area contributed by atoms with Crippen molar-refractivity contribution in [2.24, 2.45) is 0 Å². The summed E-state index contributed by atoms with van der Waals surface area (Å²) in [5.41, 5.74) is 0.979. The van der Waals surface area contributed by atoms with E-state index in [1.807, 2.05) is 41.1 Å². The fourth-order valence-corrected chi connectivity index (χ4v) is 3.48. The monoisotopic (exact) mass is 342 g/mol. The van der Waals surface area contributed by atoms with E-state index in [4.69, 9.17) is 0 Å². The predicted molar refractivity (Wildman–Crippen MR) is 97.4 cm³/mol. The van der Waals surface area contributed by atoms with Gasteiger partial charge in [0.25, 0.3) is 0 Å². The van der Waals surface area contributed by atoms with Crippen LogP contribution in [0.4, 0.5) is 10.6 Å². The molecule has 1 aromatic heterocycles. The molecule has 3 N–H and O–H groups in total. The van der Waals surface area contributed by atoms with Crippen molar-refractivity contribution in [3.63, 3.8) is 0 Å². The van der Waals surface area contributed by atoms with Crippen LogP contribution in [0.25, 0.3) is 0 Å². The summed E-state index contributed by atoms with van der Waals surface area (Å²) in [4.78, 5) is 12.5. The van der Waals surface area contributed by atoms with Crippen LogP contribution in [0.5, 0.6) is 0 Å². The molecule has 134 valence electrons. The zero-order valence-electron chi connectivity index (χ0n) is 14.4. The highest BCUT2D eigenvalue weighted by molar-refractivity contribution is 5.88. The summed E-state index contributed by atoms with van der Waals surface area (Å²) < 4.78 is 1.93. The summed E-state index contributed by atoms with van der Waals surface area (Å²) in [5, 5.41) is 19.6. The molecular weight excluding hydrogens is 316 g/mol.